The van der Waals surface area contributed by atoms with Gasteiger partial charge in [-0.15, -0.1) is 0 Å². The maximum atomic E-state index is 12.4. The number of hydrogen-bond donors (Lipinski definition) is 0. The topological polar surface area (TPSA) is 38.8 Å². The van der Waals surface area contributed by atoms with Gasteiger partial charge in [-0.05, 0) is 37.4 Å². The third-order valence-electron chi connectivity index (χ3n) is 6.27. The molecule has 126 valence electrons. The van der Waals surface area contributed by atoms with Crippen molar-refractivity contribution in [2.75, 3.05) is 6.61 Å². The fourth-order valence-corrected chi connectivity index (χ4v) is 5.82. The minimum absolute atomic E-state index is 0.0234. The summed E-state index contributed by atoms with van der Waals surface area (Å²) in [6.45, 7) is 12.0. The first kappa shape index (κ1) is 16.8. The zero-order chi connectivity index (χ0) is 16.3. The largest absolute Gasteiger partial charge is 0.445 e. The van der Waals surface area contributed by atoms with Gasteiger partial charge in [0.05, 0.1) is 23.0 Å². The average Bonchev–Trinajstić information content (AvgIpc) is 2.85. The number of ether oxygens (including phenoxy) is 1. The first-order chi connectivity index (χ1) is 10.1. The molecular formula is C16H28BrNO3Si. The van der Waals surface area contributed by atoms with Crippen LogP contribution in [0.25, 0.3) is 0 Å². The Kier molecular flexibility index (Phi) is 3.97. The van der Waals surface area contributed by atoms with Crippen LogP contribution >= 0.6 is 15.9 Å². The summed E-state index contributed by atoms with van der Waals surface area (Å²) in [6.07, 6.45) is 4.05. The second-order valence-corrected chi connectivity index (χ2v) is 14.7. The minimum Gasteiger partial charge on any atom is -0.445 e. The predicted octanol–water partition coefficient (Wildman–Crippen LogP) is 4.29. The molecule has 2 saturated heterocycles. The Balaban J connectivity index is 1.71. The molecule has 4 nitrogen and oxygen atoms in total. The molecule has 22 heavy (non-hydrogen) atoms. The summed E-state index contributed by atoms with van der Waals surface area (Å²) in [4.78, 5) is 14.8. The van der Waals surface area contributed by atoms with Gasteiger partial charge in [0.1, 0.15) is 6.10 Å². The lowest BCUT2D eigenvalue weighted by molar-refractivity contribution is -0.00896. The average molecular weight is 390 g/mol. The van der Waals surface area contributed by atoms with Gasteiger partial charge >= 0.3 is 6.09 Å². The van der Waals surface area contributed by atoms with Gasteiger partial charge in [-0.2, -0.15) is 0 Å². The quantitative estimate of drug-likeness (QED) is 0.533. The van der Waals surface area contributed by atoms with Gasteiger partial charge in [-0.1, -0.05) is 36.7 Å². The van der Waals surface area contributed by atoms with E-state index in [2.05, 4.69) is 49.8 Å². The Morgan fingerprint density at radius 2 is 2.09 bits per heavy atom. The maximum Gasteiger partial charge on any atom is 0.410 e. The van der Waals surface area contributed by atoms with Crippen molar-refractivity contribution >= 4 is 30.3 Å². The Bertz CT molecular complexity index is 475. The van der Waals surface area contributed by atoms with Crippen LogP contribution in [0, 0.1) is 0 Å². The van der Waals surface area contributed by atoms with E-state index < -0.39 is 8.32 Å². The lowest BCUT2D eigenvalue weighted by Crippen LogP contribution is -2.55. The summed E-state index contributed by atoms with van der Waals surface area (Å²) in [7, 11) is -1.78. The summed E-state index contributed by atoms with van der Waals surface area (Å²) in [5.41, 5.74) is 0.0234. The van der Waals surface area contributed by atoms with Crippen LogP contribution in [0.2, 0.25) is 18.1 Å². The van der Waals surface area contributed by atoms with E-state index in [9.17, 15) is 4.79 Å². The van der Waals surface area contributed by atoms with Crippen LogP contribution in [0.4, 0.5) is 4.79 Å². The van der Waals surface area contributed by atoms with Crippen molar-refractivity contribution in [1.82, 2.24) is 4.90 Å². The number of carbonyl (C=O) groups excluding carboxylic acids is 1. The van der Waals surface area contributed by atoms with E-state index in [0.29, 0.717) is 11.4 Å². The number of carbonyl (C=O) groups is 1. The third-order valence-corrected chi connectivity index (χ3v) is 11.7. The molecule has 3 fully saturated rings. The fourth-order valence-electron chi connectivity index (χ4n) is 3.88. The molecule has 6 heteroatoms. The van der Waals surface area contributed by atoms with Crippen LogP contribution in [0.3, 0.4) is 0 Å². The van der Waals surface area contributed by atoms with Gasteiger partial charge in [-0.25, -0.2) is 4.79 Å². The fraction of sp³-hybridized carbons (Fsp3) is 0.938. The lowest BCUT2D eigenvalue weighted by Gasteiger charge is -2.42. The molecule has 4 atom stereocenters. The first-order valence-corrected chi connectivity index (χ1v) is 12.2. The highest BCUT2D eigenvalue weighted by Crippen LogP contribution is 2.52. The Morgan fingerprint density at radius 3 is 2.73 bits per heavy atom. The second-order valence-electron chi connectivity index (χ2n) is 8.70. The zero-order valence-corrected chi connectivity index (χ0v) is 16.9. The van der Waals surface area contributed by atoms with E-state index in [4.69, 9.17) is 9.16 Å². The highest BCUT2D eigenvalue weighted by atomic mass is 79.9. The molecule has 0 unspecified atom stereocenters. The summed E-state index contributed by atoms with van der Waals surface area (Å²) in [5, 5.41) is 0.200. The molecule has 0 aromatic carbocycles. The zero-order valence-electron chi connectivity index (χ0n) is 14.3. The van der Waals surface area contributed by atoms with Crippen molar-refractivity contribution in [2.45, 2.75) is 87.1 Å². The van der Waals surface area contributed by atoms with Crippen LogP contribution in [-0.4, -0.2) is 48.4 Å². The number of alkyl halides is 1. The van der Waals surface area contributed by atoms with Gasteiger partial charge < -0.3 is 9.16 Å². The lowest BCUT2D eigenvalue weighted by atomic mass is 9.94. The maximum absolute atomic E-state index is 12.4. The number of fused-ring (bicyclic) bond motifs is 1. The van der Waals surface area contributed by atoms with Gasteiger partial charge in [0.2, 0.25) is 0 Å². The smallest absolute Gasteiger partial charge is 0.410 e. The summed E-state index contributed by atoms with van der Waals surface area (Å²) in [5.74, 6) is 0. The van der Waals surface area contributed by atoms with Crippen LogP contribution in [0.15, 0.2) is 0 Å². The Labute approximate surface area is 143 Å². The van der Waals surface area contributed by atoms with Gasteiger partial charge in [-0.3, -0.25) is 4.90 Å². The van der Waals surface area contributed by atoms with E-state index in [1.807, 2.05) is 4.90 Å². The molecule has 1 amide bonds. The number of hydrogen-bond acceptors (Lipinski definition) is 3. The number of halogens is 1. The molecule has 0 N–H and O–H groups in total. The van der Waals surface area contributed by atoms with E-state index in [1.54, 1.807) is 0 Å². The molecular weight excluding hydrogens is 362 g/mol. The van der Waals surface area contributed by atoms with Gasteiger partial charge in [0, 0.05) is 6.42 Å². The molecule has 3 rings (SSSR count). The Hall–Kier alpha value is -0.0731. The van der Waals surface area contributed by atoms with Gasteiger partial charge in [0.25, 0.3) is 0 Å². The van der Waals surface area contributed by atoms with E-state index in [-0.39, 0.29) is 28.8 Å². The molecule has 1 saturated carbocycles. The molecule has 1 spiro atoms. The van der Waals surface area contributed by atoms with Crippen molar-refractivity contribution in [1.29, 1.82) is 0 Å². The highest BCUT2D eigenvalue weighted by molar-refractivity contribution is 9.09. The normalized spacial score (nSPS) is 38.2. The molecule has 2 aliphatic heterocycles. The second kappa shape index (κ2) is 5.21. The van der Waals surface area contributed by atoms with Crippen molar-refractivity contribution < 1.29 is 14.0 Å². The molecule has 0 aromatic heterocycles. The van der Waals surface area contributed by atoms with Gasteiger partial charge in [0.15, 0.2) is 8.32 Å². The van der Waals surface area contributed by atoms with Crippen molar-refractivity contribution in [3.05, 3.63) is 0 Å². The monoisotopic (exact) mass is 389 g/mol. The van der Waals surface area contributed by atoms with Crippen molar-refractivity contribution in [2.24, 2.45) is 0 Å². The molecule has 2 bridgehead atoms. The van der Waals surface area contributed by atoms with Crippen LogP contribution in [-0.2, 0) is 9.16 Å². The van der Waals surface area contributed by atoms with E-state index >= 15 is 0 Å². The van der Waals surface area contributed by atoms with Crippen LogP contribution in [0.5, 0.6) is 0 Å². The van der Waals surface area contributed by atoms with Crippen molar-refractivity contribution in [3.63, 3.8) is 0 Å². The minimum atomic E-state index is -1.78. The van der Waals surface area contributed by atoms with E-state index in [1.165, 1.54) is 0 Å². The standard InChI is InChI=1S/C16H28BrNO3Si/c1-15(2,3)22(4,5)20-10-11-6-7-16-8-12(17)13(9-16)21-14(19)18(11)16/h11-13H,6-10H2,1-5H3/t11-,12+,13+,16+/m0/s1. The van der Waals surface area contributed by atoms with E-state index in [0.717, 1.165) is 25.7 Å². The third kappa shape index (κ3) is 2.55. The highest BCUT2D eigenvalue weighted by Gasteiger charge is 2.60. The number of amides is 1. The first-order valence-electron chi connectivity index (χ1n) is 8.34. The SMILES string of the molecule is CC(C)(C)[Si](C)(C)OC[C@@H]1CC[C@@]23C[C@@H](Br)[C@@H](C2)OC(=O)N13. The Morgan fingerprint density at radius 1 is 1.41 bits per heavy atom. The summed E-state index contributed by atoms with van der Waals surface area (Å²) < 4.78 is 12.0. The summed E-state index contributed by atoms with van der Waals surface area (Å²) >= 11 is 3.69. The molecule has 1 aliphatic carbocycles. The molecule has 0 radical (unpaired) electrons. The van der Waals surface area contributed by atoms with Crippen LogP contribution in [0.1, 0.15) is 46.5 Å². The van der Waals surface area contributed by atoms with Crippen molar-refractivity contribution in [3.8, 4) is 0 Å². The number of nitrogens with zero attached hydrogens (tertiary/aromatic N) is 1. The number of rotatable bonds is 3. The predicted molar refractivity (Wildman–Crippen MR) is 93.0 cm³/mol. The molecule has 3 aliphatic rings. The van der Waals surface area contributed by atoms with Crippen LogP contribution < -0.4 is 0 Å². The summed E-state index contributed by atoms with van der Waals surface area (Å²) in [6, 6.07) is 0.181. The molecule has 0 aromatic rings. The molecule has 2 heterocycles.